The minimum absolute atomic E-state index is 0.222. The second-order valence-electron chi connectivity index (χ2n) is 15.2. The number of hydrogen-bond donors (Lipinski definition) is 14. The summed E-state index contributed by atoms with van der Waals surface area (Å²) in [5, 5.41) is 146. The summed E-state index contributed by atoms with van der Waals surface area (Å²) in [5.74, 6) is 0. The first-order chi connectivity index (χ1) is 29.5. The SMILES string of the molecule is O=C(OCc1ccccc1)O[C@@H]1OC(CO[C@@H]2OC(CO[C@@H]3OC(CO)[C@H](O)C(O)C3O)[C@H](O)C(O[C@H]3O[C@@H](CO[C@@H]4O[C@@H](CO)C(O)C4O)C(O)C3O)C2O)[C@H](O)C(O)C1O. The van der Waals surface area contributed by atoms with E-state index >= 15 is 0 Å². The van der Waals surface area contributed by atoms with Crippen LogP contribution in [0.3, 0.4) is 0 Å². The molecule has 5 aliphatic rings. The van der Waals surface area contributed by atoms with Crippen molar-refractivity contribution >= 4 is 6.16 Å². The molecule has 354 valence electrons. The number of carbonyl (C=O) groups is 1. The molecule has 0 aromatic heterocycles. The molecule has 1 aromatic rings. The Morgan fingerprint density at radius 2 is 0.839 bits per heavy atom. The minimum Gasteiger partial charge on any atom is -0.429 e. The van der Waals surface area contributed by atoms with Crippen molar-refractivity contribution in [3.8, 4) is 0 Å². The Morgan fingerprint density at radius 1 is 0.452 bits per heavy atom. The van der Waals surface area contributed by atoms with Crippen molar-refractivity contribution < 1.29 is 128 Å². The lowest BCUT2D eigenvalue weighted by molar-refractivity contribution is -0.353. The normalized spacial score (nSPS) is 46.1. The van der Waals surface area contributed by atoms with E-state index in [9.17, 15) is 76.3 Å². The van der Waals surface area contributed by atoms with Crippen molar-refractivity contribution in [2.45, 2.75) is 148 Å². The molecular weight excluding hydrogens is 848 g/mol. The average Bonchev–Trinajstić information content (AvgIpc) is 3.70. The Morgan fingerprint density at radius 3 is 1.39 bits per heavy atom. The number of aliphatic hydroxyl groups is 14. The average molecular weight is 903 g/mol. The highest BCUT2D eigenvalue weighted by atomic mass is 16.8. The van der Waals surface area contributed by atoms with Gasteiger partial charge in [0.15, 0.2) is 25.2 Å². The molecule has 1 aromatic carbocycles. The third-order valence-electron chi connectivity index (χ3n) is 11.0. The Balaban J connectivity index is 1.12. The van der Waals surface area contributed by atoms with E-state index in [0.29, 0.717) is 5.56 Å². The molecule has 5 aliphatic heterocycles. The molecule has 0 radical (unpaired) electrons. The van der Waals surface area contributed by atoms with Crippen molar-refractivity contribution in [3.05, 3.63) is 35.9 Å². The fraction of sp³-hybridized carbons (Fsp3) is 0.806. The van der Waals surface area contributed by atoms with Crippen LogP contribution in [0.4, 0.5) is 4.79 Å². The maximum Gasteiger partial charge on any atom is 0.511 e. The standard InChI is InChI=1S/C36H54O26/c37-6-13-18(39)23(44)27(48)32(56-13)53-11-17-22(43)30(61-34-26(47)21(42)16(59-34)10-52-31-25(46)19(40)14(7-38)57-31)29(50)33(58-17)54-9-15-20(41)24(45)28(49)35(60-15)62-36(51)55-8-12-4-2-1-3-5-12/h1-5,13-35,37-50H,6-11H2/t13?,14-,15?,16-,17?,18-,19?,20-,21?,22-,23?,24?,25?,26?,27?,28?,29?,30?,31+,32+,33+,34+,35-/m0/s1. The minimum atomic E-state index is -2.04. The molecule has 62 heavy (non-hydrogen) atoms. The van der Waals surface area contributed by atoms with Crippen LogP contribution in [0.25, 0.3) is 0 Å². The van der Waals surface area contributed by atoms with Gasteiger partial charge < -0.3 is 124 Å². The molecule has 5 fully saturated rings. The molecule has 0 saturated carbocycles. The number of hydrogen-bond acceptors (Lipinski definition) is 26. The maximum absolute atomic E-state index is 12.4. The summed E-state index contributed by atoms with van der Waals surface area (Å²) in [4.78, 5) is 12.4. The van der Waals surface area contributed by atoms with E-state index in [1.54, 1.807) is 30.3 Å². The topological polar surface area (TPSA) is 402 Å². The van der Waals surface area contributed by atoms with Crippen LogP contribution in [-0.2, 0) is 58.7 Å². The first-order valence-corrected chi connectivity index (χ1v) is 19.6. The molecule has 14 N–H and O–H groups in total. The largest absolute Gasteiger partial charge is 0.511 e. The molecule has 23 atom stereocenters. The highest BCUT2D eigenvalue weighted by Gasteiger charge is 2.54. The maximum atomic E-state index is 12.4. The zero-order valence-electron chi connectivity index (χ0n) is 32.6. The predicted octanol–water partition coefficient (Wildman–Crippen LogP) is -8.29. The van der Waals surface area contributed by atoms with Gasteiger partial charge in [0.1, 0.15) is 116 Å². The van der Waals surface area contributed by atoms with Gasteiger partial charge in [-0.2, -0.15) is 0 Å². The molecule has 0 bridgehead atoms. The van der Waals surface area contributed by atoms with Crippen LogP contribution in [0.5, 0.6) is 0 Å². The number of carbonyl (C=O) groups excluding carboxylic acids is 1. The number of benzene rings is 1. The molecule has 0 spiro atoms. The van der Waals surface area contributed by atoms with Crippen LogP contribution in [0, 0.1) is 0 Å². The van der Waals surface area contributed by atoms with E-state index in [4.69, 9.17) is 52.1 Å². The van der Waals surface area contributed by atoms with Gasteiger partial charge in [-0.15, -0.1) is 0 Å². The molecule has 26 nitrogen and oxygen atoms in total. The monoisotopic (exact) mass is 902 g/mol. The van der Waals surface area contributed by atoms with Gasteiger partial charge in [0.05, 0.1) is 33.0 Å². The van der Waals surface area contributed by atoms with Gasteiger partial charge in [-0.1, -0.05) is 30.3 Å². The summed E-state index contributed by atoms with van der Waals surface area (Å²) in [7, 11) is 0. The fourth-order valence-corrected chi connectivity index (χ4v) is 7.23. The van der Waals surface area contributed by atoms with E-state index in [-0.39, 0.29) is 6.61 Å². The number of ether oxygens (including phenoxy) is 11. The third kappa shape index (κ3) is 11.0. The summed E-state index contributed by atoms with van der Waals surface area (Å²) in [5.41, 5.74) is 0.597. The van der Waals surface area contributed by atoms with E-state index < -0.39 is 181 Å². The lowest BCUT2D eigenvalue weighted by Crippen LogP contribution is -2.63. The molecular formula is C36H54O26. The van der Waals surface area contributed by atoms with Crippen LogP contribution in [0.15, 0.2) is 30.3 Å². The third-order valence-corrected chi connectivity index (χ3v) is 11.0. The van der Waals surface area contributed by atoms with Crippen molar-refractivity contribution in [3.63, 3.8) is 0 Å². The Kier molecular flexibility index (Phi) is 17.2. The van der Waals surface area contributed by atoms with E-state index in [1.165, 1.54) is 0 Å². The molecule has 0 aliphatic carbocycles. The zero-order valence-corrected chi connectivity index (χ0v) is 32.6. The summed E-state index contributed by atoms with van der Waals surface area (Å²) in [6.45, 7) is -3.80. The second kappa shape index (κ2) is 21.7. The molecule has 26 heteroatoms. The summed E-state index contributed by atoms with van der Waals surface area (Å²) in [6, 6.07) is 8.46. The highest BCUT2D eigenvalue weighted by molar-refractivity contribution is 5.60. The van der Waals surface area contributed by atoms with Crippen molar-refractivity contribution in [2.75, 3.05) is 33.0 Å². The van der Waals surface area contributed by atoms with Crippen LogP contribution >= 0.6 is 0 Å². The van der Waals surface area contributed by atoms with Crippen LogP contribution in [-0.4, -0.2) is 252 Å². The van der Waals surface area contributed by atoms with E-state index in [1.807, 2.05) is 0 Å². The number of rotatable bonds is 16. The Hall–Kier alpha value is -2.43. The molecule has 6 rings (SSSR count). The first-order valence-electron chi connectivity index (χ1n) is 19.6. The van der Waals surface area contributed by atoms with E-state index in [0.717, 1.165) is 0 Å². The number of aliphatic hydroxyl groups excluding tert-OH is 14. The van der Waals surface area contributed by atoms with Crippen molar-refractivity contribution in [1.29, 1.82) is 0 Å². The van der Waals surface area contributed by atoms with Crippen LogP contribution < -0.4 is 0 Å². The van der Waals surface area contributed by atoms with Gasteiger partial charge in [0.2, 0.25) is 6.29 Å². The zero-order chi connectivity index (χ0) is 45.0. The molecule has 5 saturated heterocycles. The first kappa shape index (κ1) is 49.0. The van der Waals surface area contributed by atoms with Gasteiger partial charge in [0.25, 0.3) is 0 Å². The fourth-order valence-electron chi connectivity index (χ4n) is 7.23. The highest BCUT2D eigenvalue weighted by Crippen LogP contribution is 2.33. The molecule has 0 amide bonds. The summed E-state index contributed by atoms with van der Waals surface area (Å²) in [6.07, 6.45) is -41.2. The summed E-state index contributed by atoms with van der Waals surface area (Å²) < 4.78 is 59.9. The van der Waals surface area contributed by atoms with Crippen LogP contribution in [0.1, 0.15) is 5.56 Å². The van der Waals surface area contributed by atoms with E-state index in [2.05, 4.69) is 0 Å². The lowest BCUT2D eigenvalue weighted by atomic mass is 9.97. The molecule has 13 unspecified atom stereocenters. The molecule has 5 heterocycles. The predicted molar refractivity (Wildman–Crippen MR) is 190 cm³/mol. The van der Waals surface area contributed by atoms with Gasteiger partial charge in [-0.05, 0) is 5.56 Å². The lowest BCUT2D eigenvalue weighted by Gasteiger charge is -2.45. The van der Waals surface area contributed by atoms with Gasteiger partial charge in [-0.3, -0.25) is 0 Å². The van der Waals surface area contributed by atoms with Gasteiger partial charge in [0, 0.05) is 0 Å². The van der Waals surface area contributed by atoms with Gasteiger partial charge in [-0.25, -0.2) is 4.79 Å². The Bertz CT molecular complexity index is 1530. The Labute approximate surface area is 351 Å². The van der Waals surface area contributed by atoms with Crippen molar-refractivity contribution in [2.24, 2.45) is 0 Å². The second-order valence-corrected chi connectivity index (χ2v) is 15.2. The van der Waals surface area contributed by atoms with Gasteiger partial charge >= 0.3 is 6.16 Å². The smallest absolute Gasteiger partial charge is 0.429 e. The van der Waals surface area contributed by atoms with Crippen LogP contribution in [0.2, 0.25) is 0 Å². The van der Waals surface area contributed by atoms with Crippen molar-refractivity contribution in [1.82, 2.24) is 0 Å². The summed E-state index contributed by atoms with van der Waals surface area (Å²) >= 11 is 0. The quantitative estimate of drug-likeness (QED) is 0.0685.